The zero-order valence-electron chi connectivity index (χ0n) is 37.4. The van der Waals surface area contributed by atoms with Gasteiger partial charge in [0.05, 0.1) is 22.5 Å². The van der Waals surface area contributed by atoms with Crippen molar-refractivity contribution in [3.05, 3.63) is 210 Å². The van der Waals surface area contributed by atoms with Gasteiger partial charge in [-0.15, -0.1) is 40.8 Å². The van der Waals surface area contributed by atoms with Gasteiger partial charge in [-0.25, -0.2) is 0 Å². The molecule has 0 unspecified atom stereocenters. The average molecular weight is 948 g/mol. The van der Waals surface area contributed by atoms with Crippen LogP contribution < -0.4 is 0 Å². The van der Waals surface area contributed by atoms with Gasteiger partial charge < -0.3 is 9.55 Å². The molecule has 0 fully saturated rings. The van der Waals surface area contributed by atoms with Crippen molar-refractivity contribution in [2.24, 2.45) is 0 Å². The summed E-state index contributed by atoms with van der Waals surface area (Å²) >= 11 is 1.65. The maximum absolute atomic E-state index is 7.28. The molecule has 0 aliphatic rings. The topological polar surface area (TPSA) is 30.7 Å². The second-order valence-electron chi connectivity index (χ2n) is 13.8. The van der Waals surface area contributed by atoms with Gasteiger partial charge in [0.25, 0.3) is 0 Å². The standard InChI is InChI=1S/C40H27N2S.C13H12N.Ir/c1-27-23-32(29-15-7-3-8-16-29)39(33(24-27)30-17-9-4-10-18-30)42-37-20-12-11-19-36(37)41-40(42)35-26-43-38-22-21-31(25-34(35)38)28-13-5-2-6-14-28;1-10-3-6-12(7-4-10)13-8-5-11(2)9-14-13;/h2-25H,1H3;3-6,8-9H,1-2H3;/q2*-1;/i;1D3,2D3;. The molecule has 0 aliphatic carbocycles. The van der Waals surface area contributed by atoms with Crippen LogP contribution in [-0.4, -0.2) is 14.5 Å². The monoisotopic (exact) mass is 948 g/mol. The molecule has 3 aromatic heterocycles. The van der Waals surface area contributed by atoms with Crippen molar-refractivity contribution < 1.29 is 28.3 Å². The Balaban J connectivity index is 0.000000225. The first kappa shape index (κ1) is 31.8. The maximum atomic E-state index is 7.28. The Bertz CT molecular complexity index is 3070. The van der Waals surface area contributed by atoms with E-state index in [-0.39, 0.29) is 31.2 Å². The van der Waals surface area contributed by atoms with Crippen molar-refractivity contribution in [2.75, 3.05) is 0 Å². The fourth-order valence-electron chi connectivity index (χ4n) is 7.20. The molecule has 0 atom stereocenters. The van der Waals surface area contributed by atoms with E-state index in [1.165, 1.54) is 68.0 Å². The summed E-state index contributed by atoms with van der Waals surface area (Å²) < 4.78 is 47.2. The molecule has 0 aliphatic heterocycles. The van der Waals surface area contributed by atoms with Crippen LogP contribution in [0.15, 0.2) is 182 Å². The smallest absolute Gasteiger partial charge is 0.0774 e. The minimum absolute atomic E-state index is 0. The predicted octanol–water partition coefficient (Wildman–Crippen LogP) is 14.2. The molecule has 3 nitrogen and oxygen atoms in total. The Labute approximate surface area is 366 Å². The first-order valence-corrected chi connectivity index (χ1v) is 19.5. The second-order valence-corrected chi connectivity index (χ2v) is 14.6. The number of thiophene rings is 1. The summed E-state index contributed by atoms with van der Waals surface area (Å²) in [6.45, 7) is -2.16. The Kier molecular flexibility index (Phi) is 9.37. The molecule has 10 aromatic rings. The molecule has 5 heteroatoms. The van der Waals surface area contributed by atoms with Gasteiger partial charge in [-0.05, 0) is 77.1 Å². The number of aromatic nitrogens is 3. The van der Waals surface area contributed by atoms with E-state index in [1.54, 1.807) is 23.5 Å². The van der Waals surface area contributed by atoms with Crippen LogP contribution in [0.25, 0.3) is 82.8 Å². The number of imidazole rings is 1. The van der Waals surface area contributed by atoms with Crippen molar-refractivity contribution in [2.45, 2.75) is 20.6 Å². The van der Waals surface area contributed by atoms with Gasteiger partial charge in [-0.1, -0.05) is 156 Å². The molecule has 283 valence electrons. The van der Waals surface area contributed by atoms with Crippen LogP contribution in [0.4, 0.5) is 0 Å². The van der Waals surface area contributed by atoms with Gasteiger partial charge in [0.2, 0.25) is 0 Å². The number of rotatable bonds is 6. The number of benzene rings is 7. The molecule has 7 aromatic carbocycles. The molecular weight excluding hydrogens is 903 g/mol. The normalized spacial score (nSPS) is 12.8. The van der Waals surface area contributed by atoms with E-state index in [9.17, 15) is 0 Å². The van der Waals surface area contributed by atoms with Crippen molar-refractivity contribution in [1.29, 1.82) is 0 Å². The Morgan fingerprint density at radius 2 is 1.24 bits per heavy atom. The minimum atomic E-state index is -2.18. The summed E-state index contributed by atoms with van der Waals surface area (Å²) in [4.78, 5) is 9.39. The number of fused-ring (bicyclic) bond motifs is 2. The number of aryl methyl sites for hydroxylation is 3. The van der Waals surface area contributed by atoms with E-state index in [4.69, 9.17) is 13.2 Å². The summed E-state index contributed by atoms with van der Waals surface area (Å²) in [7, 11) is 0. The fraction of sp³-hybridized carbons (Fsp3) is 0.0566. The molecule has 0 amide bonds. The third-order valence-electron chi connectivity index (χ3n) is 9.90. The molecule has 0 N–H and O–H groups in total. The third-order valence-corrected chi connectivity index (χ3v) is 10.8. The van der Waals surface area contributed by atoms with Gasteiger partial charge in [0, 0.05) is 45.7 Å². The van der Waals surface area contributed by atoms with E-state index in [2.05, 4.69) is 174 Å². The van der Waals surface area contributed by atoms with Gasteiger partial charge in [-0.3, -0.25) is 16.3 Å². The zero-order chi connectivity index (χ0) is 43.7. The van der Waals surface area contributed by atoms with E-state index in [0.717, 1.165) is 33.5 Å². The van der Waals surface area contributed by atoms with E-state index in [0.29, 0.717) is 11.3 Å². The number of nitrogens with zero attached hydrogens (tertiary/aromatic N) is 3. The average Bonchev–Trinajstić information content (AvgIpc) is 3.90. The van der Waals surface area contributed by atoms with Gasteiger partial charge in [0.15, 0.2) is 0 Å². The van der Waals surface area contributed by atoms with Crippen molar-refractivity contribution in [3.8, 4) is 61.7 Å². The summed E-state index contributed by atoms with van der Waals surface area (Å²) in [6.07, 6.45) is 1.30. The van der Waals surface area contributed by atoms with E-state index < -0.39 is 13.7 Å². The van der Waals surface area contributed by atoms with Gasteiger partial charge in [-0.2, -0.15) is 0 Å². The van der Waals surface area contributed by atoms with Crippen LogP contribution in [0.3, 0.4) is 0 Å². The summed E-state index contributed by atoms with van der Waals surface area (Å²) in [6, 6.07) is 62.2. The first-order chi connectivity index (χ1) is 30.4. The number of pyridine rings is 1. The van der Waals surface area contributed by atoms with E-state index in [1.807, 2.05) is 0 Å². The van der Waals surface area contributed by atoms with Crippen LogP contribution in [0, 0.1) is 32.1 Å². The van der Waals surface area contributed by atoms with Gasteiger partial charge in [0.1, 0.15) is 0 Å². The van der Waals surface area contributed by atoms with Crippen molar-refractivity contribution >= 4 is 32.5 Å². The van der Waals surface area contributed by atoms with Crippen LogP contribution in [-0.2, 0) is 20.1 Å². The largest absolute Gasteiger partial charge is 0.332 e. The van der Waals surface area contributed by atoms with E-state index >= 15 is 0 Å². The van der Waals surface area contributed by atoms with Crippen LogP contribution in [0.1, 0.15) is 24.9 Å². The molecule has 0 saturated heterocycles. The second kappa shape index (κ2) is 17.1. The number of para-hydroxylation sites is 2. The quantitative estimate of drug-likeness (QED) is 0.156. The van der Waals surface area contributed by atoms with Crippen LogP contribution in [0.2, 0.25) is 0 Å². The first-order valence-electron chi connectivity index (χ1n) is 21.6. The molecule has 3 heterocycles. The molecule has 58 heavy (non-hydrogen) atoms. The molecule has 10 rings (SSSR count). The summed E-state index contributed by atoms with van der Waals surface area (Å²) in [5.74, 6) is 0.899. The Morgan fingerprint density at radius 3 is 1.86 bits per heavy atom. The maximum Gasteiger partial charge on any atom is 0.0774 e. The van der Waals surface area contributed by atoms with Gasteiger partial charge >= 0.3 is 0 Å². The Morgan fingerprint density at radius 1 is 0.603 bits per heavy atom. The van der Waals surface area contributed by atoms with Crippen molar-refractivity contribution in [1.82, 2.24) is 14.5 Å². The predicted molar refractivity (Wildman–Crippen MR) is 240 cm³/mol. The fourth-order valence-corrected chi connectivity index (χ4v) is 8.02. The SMILES string of the molecule is Cc1cc(-c2ccccc2)c(-n2c(-c3[c-]sc4ccc(-c5ccccc5)cc34)nc3ccccc32)c(-c2ccccc2)c1.[2H]C([2H])([2H])c1c[c-]c(-c2ccc(C([2H])([2H])[2H])cn2)cc1.[Ir]. The molecule has 0 spiro atoms. The number of hydrogen-bond acceptors (Lipinski definition) is 3. The summed E-state index contributed by atoms with van der Waals surface area (Å²) in [5.41, 5.74) is 14.0. The molecule has 0 bridgehead atoms. The molecule has 0 saturated carbocycles. The van der Waals surface area contributed by atoms with Crippen LogP contribution in [0.5, 0.6) is 0 Å². The molecular formula is C53H39IrN3S-2. The summed E-state index contributed by atoms with van der Waals surface area (Å²) in [5, 5.41) is 4.83. The minimum Gasteiger partial charge on any atom is -0.332 e. The zero-order valence-corrected chi connectivity index (χ0v) is 34.6. The third kappa shape index (κ3) is 7.85. The Hall–Kier alpha value is -6.23. The number of hydrogen-bond donors (Lipinski definition) is 0. The van der Waals surface area contributed by atoms with Crippen molar-refractivity contribution in [3.63, 3.8) is 0 Å². The molecule has 1 radical (unpaired) electrons. The van der Waals surface area contributed by atoms with Crippen LogP contribution >= 0.6 is 11.3 Å².